The topological polar surface area (TPSA) is 58.5 Å². The van der Waals surface area contributed by atoms with Crippen LogP contribution in [0.3, 0.4) is 0 Å². The van der Waals surface area contributed by atoms with Crippen molar-refractivity contribution >= 4 is 29.9 Å². The van der Waals surface area contributed by atoms with Gasteiger partial charge in [0, 0.05) is 18.8 Å². The van der Waals surface area contributed by atoms with Crippen LogP contribution in [-0.2, 0) is 6.54 Å². The second-order valence-electron chi connectivity index (χ2n) is 6.03. The van der Waals surface area contributed by atoms with Gasteiger partial charge in [-0.1, -0.05) is 18.2 Å². The number of nitrogens with zero attached hydrogens (tertiary/aromatic N) is 2. The highest BCUT2D eigenvalue weighted by atomic mass is 127. The Morgan fingerprint density at radius 2 is 2.11 bits per heavy atom. The van der Waals surface area contributed by atoms with Gasteiger partial charge in [0.1, 0.15) is 5.75 Å². The van der Waals surface area contributed by atoms with Gasteiger partial charge >= 0.3 is 0 Å². The summed E-state index contributed by atoms with van der Waals surface area (Å²) in [5.41, 5.74) is 0.780. The van der Waals surface area contributed by atoms with E-state index in [1.807, 2.05) is 13.0 Å². The second kappa shape index (κ2) is 10.9. The Morgan fingerprint density at radius 3 is 2.78 bits per heavy atom. The summed E-state index contributed by atoms with van der Waals surface area (Å²) in [5.74, 6) is 1.01. The van der Waals surface area contributed by atoms with Gasteiger partial charge in [0.15, 0.2) is 17.5 Å². The van der Waals surface area contributed by atoms with E-state index in [0.717, 1.165) is 30.9 Å². The molecule has 1 aliphatic rings. The van der Waals surface area contributed by atoms with Gasteiger partial charge in [-0.2, -0.15) is 0 Å². The summed E-state index contributed by atoms with van der Waals surface area (Å²) < 4.78 is 19.8. The fourth-order valence-corrected chi connectivity index (χ4v) is 2.68. The van der Waals surface area contributed by atoms with Crippen molar-refractivity contribution < 1.29 is 9.13 Å². The number of ether oxygens (including phenoxy) is 1. The molecule has 1 heterocycles. The number of benzene rings is 1. The SMILES string of the molecule is CCNC(=NCc1ccc(Oc2cccnc2)c(F)c1)NC1CC=CC1.I. The molecule has 3 rings (SSSR count). The summed E-state index contributed by atoms with van der Waals surface area (Å²) >= 11 is 0. The van der Waals surface area contributed by atoms with E-state index in [2.05, 4.69) is 32.8 Å². The van der Waals surface area contributed by atoms with Crippen molar-refractivity contribution in [3.8, 4) is 11.5 Å². The smallest absolute Gasteiger partial charge is 0.191 e. The Bertz CT molecular complexity index is 775. The molecule has 1 aliphatic carbocycles. The molecule has 2 aromatic rings. The third-order valence-corrected chi connectivity index (χ3v) is 3.97. The van der Waals surface area contributed by atoms with E-state index in [4.69, 9.17) is 4.74 Å². The van der Waals surface area contributed by atoms with Gasteiger partial charge in [-0.3, -0.25) is 4.98 Å². The fourth-order valence-electron chi connectivity index (χ4n) is 2.68. The van der Waals surface area contributed by atoms with Crippen LogP contribution in [0.4, 0.5) is 4.39 Å². The molecule has 0 saturated heterocycles. The molecule has 0 saturated carbocycles. The van der Waals surface area contributed by atoms with Gasteiger partial charge in [-0.05, 0) is 49.6 Å². The minimum Gasteiger partial charge on any atom is -0.453 e. The standard InChI is InChI=1S/C20H23FN4O.HI/c1-2-23-20(25-16-6-3-4-7-16)24-13-15-9-10-19(18(21)12-15)26-17-8-5-11-22-14-17;/h3-5,8-12,14,16H,2,6-7,13H2,1H3,(H2,23,24,25);1H. The molecular weight excluding hydrogens is 458 g/mol. The summed E-state index contributed by atoms with van der Waals surface area (Å²) in [6.07, 6.45) is 9.51. The van der Waals surface area contributed by atoms with Crippen molar-refractivity contribution in [2.75, 3.05) is 6.54 Å². The third kappa shape index (κ3) is 6.50. The number of halogens is 2. The van der Waals surface area contributed by atoms with Crippen LogP contribution in [0.2, 0.25) is 0 Å². The highest BCUT2D eigenvalue weighted by Gasteiger charge is 2.12. The van der Waals surface area contributed by atoms with Crippen molar-refractivity contribution in [2.45, 2.75) is 32.4 Å². The van der Waals surface area contributed by atoms with Crippen LogP contribution in [0.25, 0.3) is 0 Å². The third-order valence-electron chi connectivity index (χ3n) is 3.97. The van der Waals surface area contributed by atoms with Crippen molar-refractivity contribution in [3.05, 3.63) is 66.3 Å². The lowest BCUT2D eigenvalue weighted by atomic mass is 10.2. The number of aliphatic imine (C=N–C) groups is 1. The van der Waals surface area contributed by atoms with Crippen LogP contribution in [0.1, 0.15) is 25.3 Å². The van der Waals surface area contributed by atoms with Gasteiger partial charge in [-0.25, -0.2) is 9.38 Å². The van der Waals surface area contributed by atoms with Crippen LogP contribution in [-0.4, -0.2) is 23.5 Å². The molecule has 0 spiro atoms. The molecule has 0 atom stereocenters. The Morgan fingerprint density at radius 1 is 1.30 bits per heavy atom. The number of pyridine rings is 1. The van der Waals surface area contributed by atoms with Crippen molar-refractivity contribution in [1.29, 1.82) is 0 Å². The maximum absolute atomic E-state index is 14.3. The minimum absolute atomic E-state index is 0. The maximum atomic E-state index is 14.3. The van der Waals surface area contributed by atoms with Crippen LogP contribution in [0.15, 0.2) is 59.9 Å². The lowest BCUT2D eigenvalue weighted by molar-refractivity contribution is 0.440. The molecule has 144 valence electrons. The molecule has 0 radical (unpaired) electrons. The fraction of sp³-hybridized carbons (Fsp3) is 0.300. The summed E-state index contributed by atoms with van der Waals surface area (Å²) in [6, 6.07) is 8.74. The molecule has 1 aromatic carbocycles. The predicted octanol–water partition coefficient (Wildman–Crippen LogP) is 4.40. The molecule has 5 nitrogen and oxygen atoms in total. The number of hydrogen-bond donors (Lipinski definition) is 2. The number of guanidine groups is 1. The summed E-state index contributed by atoms with van der Waals surface area (Å²) in [6.45, 7) is 3.19. The first kappa shape index (κ1) is 21.1. The highest BCUT2D eigenvalue weighted by Crippen LogP contribution is 2.24. The van der Waals surface area contributed by atoms with E-state index in [-0.39, 0.29) is 29.7 Å². The number of aromatic nitrogens is 1. The zero-order valence-corrected chi connectivity index (χ0v) is 17.5. The quantitative estimate of drug-likeness (QED) is 0.277. The lowest BCUT2D eigenvalue weighted by Gasteiger charge is -2.16. The molecule has 1 aromatic heterocycles. The summed E-state index contributed by atoms with van der Waals surface area (Å²) in [5, 5.41) is 6.62. The molecule has 2 N–H and O–H groups in total. The molecule has 27 heavy (non-hydrogen) atoms. The molecule has 0 bridgehead atoms. The van der Waals surface area contributed by atoms with Crippen LogP contribution in [0, 0.1) is 5.82 Å². The average molecular weight is 482 g/mol. The predicted molar refractivity (Wildman–Crippen MR) is 116 cm³/mol. The van der Waals surface area contributed by atoms with Crippen LogP contribution >= 0.6 is 24.0 Å². The molecule has 0 amide bonds. The van der Waals surface area contributed by atoms with Crippen LogP contribution in [0.5, 0.6) is 11.5 Å². The lowest BCUT2D eigenvalue weighted by Crippen LogP contribution is -2.42. The Kier molecular flexibility index (Phi) is 8.50. The first-order chi connectivity index (χ1) is 12.7. The number of nitrogens with one attached hydrogen (secondary N) is 2. The van der Waals surface area contributed by atoms with Crippen LogP contribution < -0.4 is 15.4 Å². The summed E-state index contributed by atoms with van der Waals surface area (Å²) in [4.78, 5) is 8.50. The number of hydrogen-bond acceptors (Lipinski definition) is 3. The normalized spacial score (nSPS) is 13.9. The van der Waals surface area contributed by atoms with Crippen molar-refractivity contribution in [1.82, 2.24) is 15.6 Å². The van der Waals surface area contributed by atoms with E-state index in [9.17, 15) is 4.39 Å². The minimum atomic E-state index is -0.417. The Hall–Kier alpha value is -2.16. The molecule has 7 heteroatoms. The Labute approximate surface area is 176 Å². The molecule has 0 unspecified atom stereocenters. The molecule has 0 aliphatic heterocycles. The zero-order chi connectivity index (χ0) is 18.2. The molecule has 0 fully saturated rings. The van der Waals surface area contributed by atoms with Crippen molar-refractivity contribution in [3.63, 3.8) is 0 Å². The largest absolute Gasteiger partial charge is 0.453 e. The van der Waals surface area contributed by atoms with Crippen molar-refractivity contribution in [2.24, 2.45) is 4.99 Å². The first-order valence-electron chi connectivity index (χ1n) is 8.80. The maximum Gasteiger partial charge on any atom is 0.191 e. The first-order valence-corrected chi connectivity index (χ1v) is 8.80. The average Bonchev–Trinajstić information content (AvgIpc) is 3.16. The molecular formula is C20H24FIN4O. The highest BCUT2D eigenvalue weighted by molar-refractivity contribution is 14.0. The van der Waals surface area contributed by atoms with E-state index in [0.29, 0.717) is 18.3 Å². The van der Waals surface area contributed by atoms with E-state index in [1.165, 1.54) is 6.07 Å². The van der Waals surface area contributed by atoms with Gasteiger partial charge in [0.05, 0.1) is 12.7 Å². The summed E-state index contributed by atoms with van der Waals surface area (Å²) in [7, 11) is 0. The van der Waals surface area contributed by atoms with E-state index < -0.39 is 5.82 Å². The Balaban J connectivity index is 0.00000261. The number of rotatable bonds is 6. The van der Waals surface area contributed by atoms with E-state index in [1.54, 1.807) is 30.6 Å². The van der Waals surface area contributed by atoms with Gasteiger partial charge in [0.25, 0.3) is 0 Å². The van der Waals surface area contributed by atoms with Gasteiger partial charge in [-0.15, -0.1) is 24.0 Å². The monoisotopic (exact) mass is 482 g/mol. The van der Waals surface area contributed by atoms with E-state index >= 15 is 0 Å². The van der Waals surface area contributed by atoms with Gasteiger partial charge in [0.2, 0.25) is 0 Å². The van der Waals surface area contributed by atoms with Gasteiger partial charge < -0.3 is 15.4 Å². The second-order valence-corrected chi connectivity index (χ2v) is 6.03. The zero-order valence-electron chi connectivity index (χ0n) is 15.2.